The van der Waals surface area contributed by atoms with Crippen molar-refractivity contribution in [3.8, 4) is 10.8 Å². The molecule has 1 atom stereocenters. The molecule has 25 heavy (non-hydrogen) atoms. The Morgan fingerprint density at radius 2 is 2.12 bits per heavy atom. The molecule has 3 aromatic rings. The first-order valence-corrected chi connectivity index (χ1v) is 9.66. The standard InChI is InChI=1S/C18H18N2O3S2/c1-11-6-7-14(9-12(11)2)25-10-16(21)22-13(3)17-19-20-18(23-17)15-5-4-8-24-15/h4-9,13H,10H2,1-3H3/t13-/m0/s1. The van der Waals surface area contributed by atoms with E-state index in [0.29, 0.717) is 11.8 Å². The molecule has 2 aromatic heterocycles. The lowest BCUT2D eigenvalue weighted by atomic mass is 10.1. The molecule has 7 heteroatoms. The number of thioether (sulfide) groups is 1. The normalized spacial score (nSPS) is 12.1. The van der Waals surface area contributed by atoms with Gasteiger partial charge >= 0.3 is 5.97 Å². The van der Waals surface area contributed by atoms with E-state index in [1.54, 1.807) is 6.92 Å². The van der Waals surface area contributed by atoms with Gasteiger partial charge in [-0.25, -0.2) is 0 Å². The van der Waals surface area contributed by atoms with E-state index in [2.05, 4.69) is 36.2 Å². The molecule has 0 spiro atoms. The second-order valence-electron chi connectivity index (χ2n) is 5.59. The monoisotopic (exact) mass is 374 g/mol. The average molecular weight is 374 g/mol. The van der Waals surface area contributed by atoms with Crippen LogP contribution in [0, 0.1) is 13.8 Å². The van der Waals surface area contributed by atoms with Crippen LogP contribution in [0.15, 0.2) is 45.0 Å². The van der Waals surface area contributed by atoms with Gasteiger partial charge in [-0.15, -0.1) is 33.3 Å². The van der Waals surface area contributed by atoms with Gasteiger partial charge in [0.25, 0.3) is 11.8 Å². The van der Waals surface area contributed by atoms with Gasteiger partial charge in [0.2, 0.25) is 0 Å². The van der Waals surface area contributed by atoms with Crippen molar-refractivity contribution in [3.05, 3.63) is 52.7 Å². The zero-order valence-corrected chi connectivity index (χ0v) is 15.8. The fourth-order valence-corrected chi connectivity index (χ4v) is 3.55. The molecule has 0 saturated carbocycles. The Balaban J connectivity index is 1.54. The molecule has 0 fully saturated rings. The van der Waals surface area contributed by atoms with Crippen molar-refractivity contribution in [3.63, 3.8) is 0 Å². The van der Waals surface area contributed by atoms with Crippen molar-refractivity contribution >= 4 is 29.1 Å². The number of thiophene rings is 1. The predicted octanol–water partition coefficient (Wildman–Crippen LogP) is 4.81. The zero-order chi connectivity index (χ0) is 17.8. The van der Waals surface area contributed by atoms with E-state index in [1.807, 2.05) is 23.6 Å². The van der Waals surface area contributed by atoms with Gasteiger partial charge in [0.1, 0.15) is 0 Å². The minimum Gasteiger partial charge on any atom is -0.452 e. The van der Waals surface area contributed by atoms with Gasteiger partial charge in [0.05, 0.1) is 10.6 Å². The average Bonchev–Trinajstić information content (AvgIpc) is 3.27. The number of aryl methyl sites for hydroxylation is 2. The van der Waals surface area contributed by atoms with E-state index in [0.717, 1.165) is 9.77 Å². The van der Waals surface area contributed by atoms with Crippen LogP contribution in [0.4, 0.5) is 0 Å². The van der Waals surface area contributed by atoms with Crippen LogP contribution in [0.25, 0.3) is 10.8 Å². The summed E-state index contributed by atoms with van der Waals surface area (Å²) in [6.07, 6.45) is -0.575. The smallest absolute Gasteiger partial charge is 0.317 e. The molecule has 0 bridgehead atoms. The SMILES string of the molecule is Cc1ccc(SCC(=O)O[C@@H](C)c2nnc(-c3cccs3)o2)cc1C. The van der Waals surface area contributed by atoms with Crippen LogP contribution in [-0.4, -0.2) is 21.9 Å². The number of carbonyl (C=O) groups is 1. The highest BCUT2D eigenvalue weighted by atomic mass is 32.2. The van der Waals surface area contributed by atoms with Gasteiger partial charge in [0, 0.05) is 4.90 Å². The highest BCUT2D eigenvalue weighted by molar-refractivity contribution is 8.00. The van der Waals surface area contributed by atoms with Crippen LogP contribution < -0.4 is 0 Å². The number of aromatic nitrogens is 2. The van der Waals surface area contributed by atoms with Crippen molar-refractivity contribution in [2.45, 2.75) is 31.8 Å². The van der Waals surface area contributed by atoms with E-state index in [1.165, 1.54) is 34.2 Å². The minimum absolute atomic E-state index is 0.235. The molecule has 0 N–H and O–H groups in total. The maximum atomic E-state index is 12.1. The van der Waals surface area contributed by atoms with Gasteiger partial charge in [0.15, 0.2) is 6.10 Å². The molecule has 0 aliphatic heterocycles. The summed E-state index contributed by atoms with van der Waals surface area (Å²) in [5, 5.41) is 9.90. The number of hydrogen-bond acceptors (Lipinski definition) is 7. The van der Waals surface area contributed by atoms with E-state index < -0.39 is 6.10 Å². The van der Waals surface area contributed by atoms with Gasteiger partial charge < -0.3 is 9.15 Å². The second-order valence-corrected chi connectivity index (χ2v) is 7.59. The zero-order valence-electron chi connectivity index (χ0n) is 14.2. The molecular weight excluding hydrogens is 356 g/mol. The molecule has 0 aliphatic rings. The number of rotatable bonds is 6. The van der Waals surface area contributed by atoms with Gasteiger partial charge in [-0.3, -0.25) is 4.79 Å². The molecule has 5 nitrogen and oxygen atoms in total. The summed E-state index contributed by atoms with van der Waals surface area (Å²) < 4.78 is 11.0. The molecule has 0 unspecified atom stereocenters. The van der Waals surface area contributed by atoms with Crippen molar-refractivity contribution in [2.24, 2.45) is 0 Å². The number of benzene rings is 1. The van der Waals surface area contributed by atoms with Crippen LogP contribution in [0.5, 0.6) is 0 Å². The molecule has 0 aliphatic carbocycles. The first-order chi connectivity index (χ1) is 12.0. The molecule has 0 radical (unpaired) electrons. The summed E-state index contributed by atoms with van der Waals surface area (Å²) in [6, 6.07) is 9.95. The lowest BCUT2D eigenvalue weighted by molar-refractivity contribution is -0.146. The summed E-state index contributed by atoms with van der Waals surface area (Å²) in [5.41, 5.74) is 2.44. The molecular formula is C18H18N2O3S2. The Kier molecular flexibility index (Phi) is 5.55. The van der Waals surface area contributed by atoms with E-state index in [9.17, 15) is 4.79 Å². The topological polar surface area (TPSA) is 65.2 Å². The first kappa shape index (κ1) is 17.7. The molecule has 1 aromatic carbocycles. The Morgan fingerprint density at radius 3 is 2.84 bits per heavy atom. The molecule has 3 rings (SSSR count). The van der Waals surface area contributed by atoms with E-state index in [4.69, 9.17) is 9.15 Å². The Morgan fingerprint density at radius 1 is 1.28 bits per heavy atom. The van der Waals surface area contributed by atoms with Crippen LogP contribution in [0.1, 0.15) is 30.0 Å². The van der Waals surface area contributed by atoms with Gasteiger partial charge in [-0.05, 0) is 55.5 Å². The van der Waals surface area contributed by atoms with Crippen molar-refractivity contribution in [1.82, 2.24) is 10.2 Å². The third kappa shape index (κ3) is 4.49. The highest BCUT2D eigenvalue weighted by Crippen LogP contribution is 2.26. The largest absolute Gasteiger partial charge is 0.452 e. The van der Waals surface area contributed by atoms with Crippen LogP contribution >= 0.6 is 23.1 Å². The number of carbonyl (C=O) groups excluding carboxylic acids is 1. The quantitative estimate of drug-likeness (QED) is 0.456. The molecule has 2 heterocycles. The minimum atomic E-state index is -0.575. The summed E-state index contributed by atoms with van der Waals surface area (Å²) in [5.74, 6) is 0.663. The third-order valence-electron chi connectivity index (χ3n) is 3.66. The Bertz CT molecular complexity index is 859. The molecule has 0 amide bonds. The third-order valence-corrected chi connectivity index (χ3v) is 5.49. The predicted molar refractivity (Wildman–Crippen MR) is 98.8 cm³/mol. The summed E-state index contributed by atoms with van der Waals surface area (Å²) in [6.45, 7) is 5.85. The second kappa shape index (κ2) is 7.84. The molecule has 130 valence electrons. The van der Waals surface area contributed by atoms with Gasteiger partial charge in [-0.2, -0.15) is 0 Å². The van der Waals surface area contributed by atoms with Crippen LogP contribution in [-0.2, 0) is 9.53 Å². The summed E-state index contributed by atoms with van der Waals surface area (Å²) >= 11 is 2.97. The Labute approximate surface area is 154 Å². The summed E-state index contributed by atoms with van der Waals surface area (Å²) in [7, 11) is 0. The van der Waals surface area contributed by atoms with E-state index >= 15 is 0 Å². The lowest BCUT2D eigenvalue weighted by Crippen LogP contribution is -2.11. The fourth-order valence-electron chi connectivity index (χ4n) is 2.13. The number of hydrogen-bond donors (Lipinski definition) is 0. The van der Waals surface area contributed by atoms with Crippen LogP contribution in [0.3, 0.4) is 0 Å². The molecule has 0 saturated heterocycles. The number of ether oxygens (including phenoxy) is 1. The highest BCUT2D eigenvalue weighted by Gasteiger charge is 2.19. The fraction of sp³-hybridized carbons (Fsp3) is 0.278. The van der Waals surface area contributed by atoms with Crippen LogP contribution in [0.2, 0.25) is 0 Å². The van der Waals surface area contributed by atoms with Crippen molar-refractivity contribution in [2.75, 3.05) is 5.75 Å². The van der Waals surface area contributed by atoms with Crippen molar-refractivity contribution < 1.29 is 13.9 Å². The van der Waals surface area contributed by atoms with Crippen molar-refractivity contribution in [1.29, 1.82) is 0 Å². The van der Waals surface area contributed by atoms with Gasteiger partial charge in [-0.1, -0.05) is 12.1 Å². The number of nitrogens with zero attached hydrogens (tertiary/aromatic N) is 2. The number of esters is 1. The van der Waals surface area contributed by atoms with E-state index in [-0.39, 0.29) is 11.7 Å². The lowest BCUT2D eigenvalue weighted by Gasteiger charge is -2.09. The maximum Gasteiger partial charge on any atom is 0.317 e. The Hall–Kier alpha value is -2.12. The summed E-state index contributed by atoms with van der Waals surface area (Å²) in [4.78, 5) is 14.0. The maximum absolute atomic E-state index is 12.1. The first-order valence-electron chi connectivity index (χ1n) is 7.79.